The van der Waals surface area contributed by atoms with Gasteiger partial charge in [0.05, 0.1) is 5.52 Å². The Kier molecular flexibility index (Phi) is 2.63. The van der Waals surface area contributed by atoms with Gasteiger partial charge in [-0.2, -0.15) is 0 Å². The smallest absolute Gasteiger partial charge is 0.213 e. The Labute approximate surface area is 109 Å². The van der Waals surface area contributed by atoms with Crippen molar-refractivity contribution in [3.05, 3.63) is 51.8 Å². The lowest BCUT2D eigenvalue weighted by Gasteiger charge is -2.14. The summed E-state index contributed by atoms with van der Waals surface area (Å²) in [6.45, 7) is 2.96. The summed E-state index contributed by atoms with van der Waals surface area (Å²) in [6, 6.07) is 9.17. The fourth-order valence-electron chi connectivity index (χ4n) is 2.37. The van der Waals surface area contributed by atoms with E-state index >= 15 is 0 Å². The molecule has 3 nitrogen and oxygen atoms in total. The van der Waals surface area contributed by atoms with Crippen LogP contribution in [0.15, 0.2) is 41.3 Å². The first kappa shape index (κ1) is 11.4. The van der Waals surface area contributed by atoms with Crippen molar-refractivity contribution in [3.8, 4) is 0 Å². The summed E-state index contributed by atoms with van der Waals surface area (Å²) >= 11 is 6.04. The molecule has 0 radical (unpaired) electrons. The van der Waals surface area contributed by atoms with E-state index in [0.29, 0.717) is 10.5 Å². The highest BCUT2D eigenvalue weighted by molar-refractivity contribution is 6.31. The molecule has 1 aromatic carbocycles. The highest BCUT2D eigenvalue weighted by Gasteiger charge is 2.09. The second kappa shape index (κ2) is 4.18. The number of hydrogen-bond acceptors (Lipinski definition) is 1. The lowest BCUT2D eigenvalue weighted by Crippen LogP contribution is -2.17. The first-order valence-corrected chi connectivity index (χ1v) is 6.39. The van der Waals surface area contributed by atoms with Crippen molar-refractivity contribution in [1.82, 2.24) is 9.20 Å². The molecule has 3 rings (SSSR count). The Balaban J connectivity index is 2.56. The molecule has 0 aliphatic rings. The number of fused-ring (bicyclic) bond motifs is 2. The second-order valence-electron chi connectivity index (χ2n) is 4.35. The van der Waals surface area contributed by atoms with Gasteiger partial charge >= 0.3 is 0 Å². The minimum absolute atomic E-state index is 0.0546. The van der Waals surface area contributed by atoms with Crippen LogP contribution in [-0.2, 0) is 6.54 Å². The van der Waals surface area contributed by atoms with Gasteiger partial charge in [0.1, 0.15) is 5.52 Å². The van der Waals surface area contributed by atoms with Crippen LogP contribution in [0, 0.1) is 0 Å². The van der Waals surface area contributed by atoms with E-state index in [0.717, 1.165) is 23.9 Å². The average molecular weight is 261 g/mol. The third kappa shape index (κ3) is 1.55. The van der Waals surface area contributed by atoms with Gasteiger partial charge in [-0.25, -0.2) is 0 Å². The third-order valence-electron chi connectivity index (χ3n) is 3.14. The fraction of sp³-hybridized carbons (Fsp3) is 0.214. The zero-order chi connectivity index (χ0) is 12.7. The summed E-state index contributed by atoms with van der Waals surface area (Å²) in [5.41, 5.74) is 1.65. The number of rotatable bonds is 2. The molecule has 0 bridgehead atoms. The predicted octanol–water partition coefficient (Wildman–Crippen LogP) is 3.32. The second-order valence-corrected chi connectivity index (χ2v) is 4.79. The molecule has 0 saturated heterocycles. The first-order valence-electron chi connectivity index (χ1n) is 6.02. The molecular formula is C14H13ClN2O. The molecule has 0 amide bonds. The van der Waals surface area contributed by atoms with Crippen molar-refractivity contribution >= 4 is 28.0 Å². The summed E-state index contributed by atoms with van der Waals surface area (Å²) < 4.78 is 4.00. The Morgan fingerprint density at radius 1 is 1.22 bits per heavy atom. The monoisotopic (exact) mass is 260 g/mol. The average Bonchev–Trinajstić information content (AvgIpc) is 2.83. The Hall–Kier alpha value is -1.74. The molecule has 0 fully saturated rings. The number of aromatic nitrogens is 2. The summed E-state index contributed by atoms with van der Waals surface area (Å²) in [4.78, 5) is 12.3. The number of hydrogen-bond donors (Lipinski definition) is 0. The zero-order valence-corrected chi connectivity index (χ0v) is 10.8. The standard InChI is InChI=1S/C14H13ClN2O/c1-2-7-16-13-9-10(15)5-6-11(13)14(18)12-4-3-8-17(12)16/h3-6,8-9H,2,7H2,1H3. The van der Waals surface area contributed by atoms with Crippen molar-refractivity contribution in [2.45, 2.75) is 19.9 Å². The van der Waals surface area contributed by atoms with Crippen LogP contribution in [0.1, 0.15) is 13.3 Å². The Morgan fingerprint density at radius 3 is 2.83 bits per heavy atom. The summed E-state index contributed by atoms with van der Waals surface area (Å²) in [5, 5.41) is 1.37. The summed E-state index contributed by atoms with van der Waals surface area (Å²) in [5.74, 6) is 0. The third-order valence-corrected chi connectivity index (χ3v) is 3.37. The quantitative estimate of drug-likeness (QED) is 0.694. The normalized spacial score (nSPS) is 11.4. The van der Waals surface area contributed by atoms with Crippen LogP contribution in [0.3, 0.4) is 0 Å². The van der Waals surface area contributed by atoms with Crippen LogP contribution < -0.4 is 5.43 Å². The van der Waals surface area contributed by atoms with Crippen molar-refractivity contribution in [2.24, 2.45) is 0 Å². The van der Waals surface area contributed by atoms with E-state index in [2.05, 4.69) is 11.6 Å². The molecule has 0 saturated carbocycles. The molecule has 0 unspecified atom stereocenters. The van der Waals surface area contributed by atoms with E-state index in [-0.39, 0.29) is 5.43 Å². The fourth-order valence-corrected chi connectivity index (χ4v) is 2.53. The van der Waals surface area contributed by atoms with E-state index < -0.39 is 0 Å². The van der Waals surface area contributed by atoms with Crippen molar-refractivity contribution in [3.63, 3.8) is 0 Å². The van der Waals surface area contributed by atoms with Crippen LogP contribution in [0.4, 0.5) is 0 Å². The number of halogens is 1. The molecule has 0 aliphatic carbocycles. The lowest BCUT2D eigenvalue weighted by atomic mass is 10.2. The SMILES string of the molecule is CCCn1c2cc(Cl)ccc2c(=O)c2cccn21. The molecule has 2 aromatic heterocycles. The minimum atomic E-state index is 0.0546. The largest absolute Gasteiger partial charge is 0.287 e. The van der Waals surface area contributed by atoms with Gasteiger partial charge in [-0.05, 0) is 36.8 Å². The van der Waals surface area contributed by atoms with Gasteiger partial charge in [-0.3, -0.25) is 14.0 Å². The van der Waals surface area contributed by atoms with Crippen LogP contribution in [0.2, 0.25) is 5.02 Å². The van der Waals surface area contributed by atoms with Gasteiger partial charge in [0.15, 0.2) is 0 Å². The van der Waals surface area contributed by atoms with Gasteiger partial charge in [-0.15, -0.1) is 0 Å². The maximum absolute atomic E-state index is 12.3. The number of nitrogens with zero attached hydrogens (tertiary/aromatic N) is 2. The predicted molar refractivity (Wildman–Crippen MR) is 74.5 cm³/mol. The van der Waals surface area contributed by atoms with E-state index in [1.165, 1.54) is 0 Å². The maximum Gasteiger partial charge on any atom is 0.213 e. The Morgan fingerprint density at radius 2 is 2.06 bits per heavy atom. The topological polar surface area (TPSA) is 26.4 Å². The minimum Gasteiger partial charge on any atom is -0.287 e. The van der Waals surface area contributed by atoms with Crippen LogP contribution in [0.25, 0.3) is 16.4 Å². The molecule has 3 aromatic rings. The molecule has 92 valence electrons. The van der Waals surface area contributed by atoms with Gasteiger partial charge in [-0.1, -0.05) is 18.5 Å². The first-order chi connectivity index (χ1) is 8.72. The molecule has 2 heterocycles. The number of benzene rings is 1. The van der Waals surface area contributed by atoms with E-state index in [9.17, 15) is 4.79 Å². The highest BCUT2D eigenvalue weighted by Crippen LogP contribution is 2.18. The van der Waals surface area contributed by atoms with Crippen molar-refractivity contribution in [2.75, 3.05) is 0 Å². The van der Waals surface area contributed by atoms with Gasteiger partial charge in [0, 0.05) is 23.2 Å². The molecule has 0 spiro atoms. The lowest BCUT2D eigenvalue weighted by molar-refractivity contribution is 0.582. The Bertz CT molecular complexity index is 785. The molecular weight excluding hydrogens is 248 g/mol. The van der Waals surface area contributed by atoms with Gasteiger partial charge in [0.2, 0.25) is 5.43 Å². The summed E-state index contributed by atoms with van der Waals surface area (Å²) in [6.07, 6.45) is 2.91. The van der Waals surface area contributed by atoms with Crippen molar-refractivity contribution < 1.29 is 0 Å². The zero-order valence-electron chi connectivity index (χ0n) is 10.1. The molecule has 18 heavy (non-hydrogen) atoms. The van der Waals surface area contributed by atoms with E-state index in [1.807, 2.05) is 28.9 Å². The van der Waals surface area contributed by atoms with Crippen LogP contribution in [0.5, 0.6) is 0 Å². The molecule has 4 heteroatoms. The van der Waals surface area contributed by atoms with Gasteiger partial charge < -0.3 is 0 Å². The molecule has 0 N–H and O–H groups in total. The molecule has 0 aliphatic heterocycles. The van der Waals surface area contributed by atoms with Gasteiger partial charge in [0.25, 0.3) is 0 Å². The maximum atomic E-state index is 12.3. The van der Waals surface area contributed by atoms with Crippen molar-refractivity contribution in [1.29, 1.82) is 0 Å². The van der Waals surface area contributed by atoms with E-state index in [1.54, 1.807) is 12.1 Å². The number of aryl methyl sites for hydroxylation is 1. The molecule has 0 atom stereocenters. The van der Waals surface area contributed by atoms with Crippen LogP contribution >= 0.6 is 11.6 Å². The summed E-state index contributed by atoms with van der Waals surface area (Å²) in [7, 11) is 0. The van der Waals surface area contributed by atoms with E-state index in [4.69, 9.17) is 11.6 Å². The highest BCUT2D eigenvalue weighted by atomic mass is 35.5. The van der Waals surface area contributed by atoms with Crippen LogP contribution in [-0.4, -0.2) is 9.20 Å².